The number of hydrogen-bond acceptors (Lipinski definition) is 2. The van der Waals surface area contributed by atoms with Crippen LogP contribution in [-0.2, 0) is 11.2 Å². The third-order valence-electron chi connectivity index (χ3n) is 1.97. The van der Waals surface area contributed by atoms with Crippen LogP contribution in [0.1, 0.15) is 12.5 Å². The number of phenols is 1. The van der Waals surface area contributed by atoms with E-state index >= 15 is 0 Å². The maximum atomic E-state index is 10.6. The van der Waals surface area contributed by atoms with E-state index in [0.717, 1.165) is 9.13 Å². The number of carbonyl (C=O) groups is 1. The van der Waals surface area contributed by atoms with Crippen LogP contribution in [0.25, 0.3) is 0 Å². The number of carboxylic acids is 1. The molecule has 1 rings (SSSR count). The van der Waals surface area contributed by atoms with Crippen LogP contribution in [-0.4, -0.2) is 16.2 Å². The van der Waals surface area contributed by atoms with Crippen molar-refractivity contribution in [3.8, 4) is 5.75 Å². The molecule has 0 aliphatic carbocycles. The minimum Gasteiger partial charge on any atom is -0.507 e. The van der Waals surface area contributed by atoms with Gasteiger partial charge in [0.25, 0.3) is 0 Å². The van der Waals surface area contributed by atoms with Gasteiger partial charge in [0, 0.05) is 0 Å². The van der Waals surface area contributed by atoms with Crippen LogP contribution in [0.3, 0.4) is 0 Å². The molecule has 1 aromatic carbocycles. The third-order valence-corrected chi connectivity index (χ3v) is 2.89. The van der Waals surface area contributed by atoms with Gasteiger partial charge in [0.05, 0.1) is 9.49 Å². The van der Waals surface area contributed by atoms with Gasteiger partial charge in [-0.2, -0.15) is 0 Å². The van der Waals surface area contributed by atoms with E-state index in [4.69, 9.17) is 5.11 Å². The number of hydrogen-bond donors (Lipinski definition) is 2. The molecule has 0 heterocycles. The van der Waals surface area contributed by atoms with E-state index in [1.54, 1.807) is 19.1 Å². The molecular weight excluding hydrogens is 295 g/mol. The predicted molar refractivity (Wildman–Crippen MR) is 61.3 cm³/mol. The van der Waals surface area contributed by atoms with E-state index in [0.29, 0.717) is 6.42 Å². The first-order chi connectivity index (χ1) is 6.50. The van der Waals surface area contributed by atoms with E-state index < -0.39 is 11.9 Å². The molecule has 0 spiro atoms. The molecule has 1 atom stereocenters. The van der Waals surface area contributed by atoms with Crippen LogP contribution in [0.2, 0.25) is 0 Å². The van der Waals surface area contributed by atoms with Crippen molar-refractivity contribution in [2.24, 2.45) is 5.92 Å². The van der Waals surface area contributed by atoms with Gasteiger partial charge in [-0.1, -0.05) is 13.0 Å². The number of carboxylic acid groups (broad SMARTS) is 1. The van der Waals surface area contributed by atoms with Crippen LogP contribution in [0.15, 0.2) is 18.2 Å². The summed E-state index contributed by atoms with van der Waals surface area (Å²) in [5.41, 5.74) is 0.845. The van der Waals surface area contributed by atoms with Gasteiger partial charge in [-0.25, -0.2) is 0 Å². The summed E-state index contributed by atoms with van der Waals surface area (Å²) in [4.78, 5) is 10.6. The summed E-state index contributed by atoms with van der Waals surface area (Å²) in [5.74, 6) is -1.03. The van der Waals surface area contributed by atoms with Crippen LogP contribution in [0.5, 0.6) is 5.75 Å². The zero-order valence-electron chi connectivity index (χ0n) is 7.70. The zero-order valence-corrected chi connectivity index (χ0v) is 9.85. The Morgan fingerprint density at radius 2 is 2.21 bits per heavy atom. The van der Waals surface area contributed by atoms with Crippen LogP contribution < -0.4 is 0 Å². The minimum atomic E-state index is -0.817. The number of aliphatic carboxylic acids is 1. The molecule has 0 aliphatic heterocycles. The van der Waals surface area contributed by atoms with Crippen LogP contribution >= 0.6 is 22.6 Å². The van der Waals surface area contributed by atoms with Crippen molar-refractivity contribution in [2.75, 3.05) is 0 Å². The Kier molecular flexibility index (Phi) is 3.74. The van der Waals surface area contributed by atoms with Gasteiger partial charge in [0.2, 0.25) is 0 Å². The average Bonchev–Trinajstić information content (AvgIpc) is 2.11. The Hall–Kier alpha value is -0.780. The van der Waals surface area contributed by atoms with Crippen LogP contribution in [0, 0.1) is 9.49 Å². The Morgan fingerprint density at radius 1 is 1.57 bits per heavy atom. The lowest BCUT2D eigenvalue weighted by molar-refractivity contribution is -0.141. The zero-order chi connectivity index (χ0) is 10.7. The van der Waals surface area contributed by atoms with E-state index in [9.17, 15) is 9.90 Å². The first-order valence-corrected chi connectivity index (χ1v) is 5.28. The molecule has 76 valence electrons. The molecule has 0 aromatic heterocycles. The number of rotatable bonds is 3. The van der Waals surface area contributed by atoms with Gasteiger partial charge in [0.1, 0.15) is 5.75 Å². The van der Waals surface area contributed by atoms with Crippen LogP contribution in [0.4, 0.5) is 0 Å². The molecule has 1 aromatic rings. The Bertz CT molecular complexity index is 349. The highest BCUT2D eigenvalue weighted by Crippen LogP contribution is 2.21. The van der Waals surface area contributed by atoms with E-state index in [-0.39, 0.29) is 5.75 Å². The molecule has 0 amide bonds. The number of benzene rings is 1. The smallest absolute Gasteiger partial charge is 0.306 e. The highest BCUT2D eigenvalue weighted by molar-refractivity contribution is 14.1. The molecule has 1 unspecified atom stereocenters. The van der Waals surface area contributed by atoms with Crippen molar-refractivity contribution in [3.63, 3.8) is 0 Å². The second-order valence-electron chi connectivity index (χ2n) is 3.23. The van der Waals surface area contributed by atoms with Crippen molar-refractivity contribution >= 4 is 28.6 Å². The molecule has 0 saturated heterocycles. The molecule has 0 aliphatic rings. The van der Waals surface area contributed by atoms with Crippen molar-refractivity contribution in [1.82, 2.24) is 0 Å². The SMILES string of the molecule is CC(Cc1ccc(I)c(O)c1)C(=O)O. The minimum absolute atomic E-state index is 0.209. The summed E-state index contributed by atoms with van der Waals surface area (Å²) >= 11 is 2.02. The quantitative estimate of drug-likeness (QED) is 0.842. The molecule has 0 radical (unpaired) electrons. The van der Waals surface area contributed by atoms with Crippen molar-refractivity contribution in [2.45, 2.75) is 13.3 Å². The van der Waals surface area contributed by atoms with Gasteiger partial charge < -0.3 is 10.2 Å². The van der Waals surface area contributed by atoms with E-state index in [1.165, 1.54) is 0 Å². The van der Waals surface area contributed by atoms with E-state index in [1.807, 2.05) is 28.7 Å². The van der Waals surface area contributed by atoms with Gasteiger partial charge in [-0.05, 0) is 46.7 Å². The van der Waals surface area contributed by atoms with Crippen molar-refractivity contribution < 1.29 is 15.0 Å². The Morgan fingerprint density at radius 3 is 2.71 bits per heavy atom. The largest absolute Gasteiger partial charge is 0.507 e. The van der Waals surface area contributed by atoms with Crippen molar-refractivity contribution in [1.29, 1.82) is 0 Å². The molecule has 0 bridgehead atoms. The average molecular weight is 306 g/mol. The maximum absolute atomic E-state index is 10.6. The van der Waals surface area contributed by atoms with Gasteiger partial charge in [-0.3, -0.25) is 4.79 Å². The number of halogens is 1. The predicted octanol–water partition coefficient (Wildman–Crippen LogP) is 2.26. The molecule has 3 nitrogen and oxygen atoms in total. The number of phenolic OH excluding ortho intramolecular Hbond substituents is 1. The summed E-state index contributed by atoms with van der Waals surface area (Å²) in [5, 5.41) is 18.1. The third kappa shape index (κ3) is 2.87. The molecule has 0 fully saturated rings. The maximum Gasteiger partial charge on any atom is 0.306 e. The summed E-state index contributed by atoms with van der Waals surface area (Å²) < 4.78 is 0.773. The second-order valence-corrected chi connectivity index (χ2v) is 4.39. The first-order valence-electron chi connectivity index (χ1n) is 4.21. The standard InChI is InChI=1S/C10H11IO3/c1-6(10(13)14)4-7-2-3-8(11)9(12)5-7/h2-3,5-6,12H,4H2,1H3,(H,13,14). The first kappa shape index (κ1) is 11.3. The highest BCUT2D eigenvalue weighted by Gasteiger charge is 2.12. The highest BCUT2D eigenvalue weighted by atomic mass is 127. The monoisotopic (exact) mass is 306 g/mol. The fraction of sp³-hybridized carbons (Fsp3) is 0.300. The van der Waals surface area contributed by atoms with Gasteiger partial charge in [0.15, 0.2) is 0 Å². The normalized spacial score (nSPS) is 12.4. The van der Waals surface area contributed by atoms with Gasteiger partial charge in [-0.15, -0.1) is 0 Å². The lowest BCUT2D eigenvalue weighted by Crippen LogP contribution is -2.12. The number of aromatic hydroxyl groups is 1. The lowest BCUT2D eigenvalue weighted by atomic mass is 10.0. The topological polar surface area (TPSA) is 57.5 Å². The summed E-state index contributed by atoms with van der Waals surface area (Å²) in [6.07, 6.45) is 0.444. The Balaban J connectivity index is 2.78. The van der Waals surface area contributed by atoms with Gasteiger partial charge >= 0.3 is 5.97 Å². The molecule has 0 saturated carbocycles. The summed E-state index contributed by atoms with van der Waals surface area (Å²) in [6.45, 7) is 1.65. The summed E-state index contributed by atoms with van der Waals surface area (Å²) in [7, 11) is 0. The second kappa shape index (κ2) is 4.63. The molecule has 2 N–H and O–H groups in total. The molecular formula is C10H11IO3. The summed E-state index contributed by atoms with van der Waals surface area (Å²) in [6, 6.07) is 5.22. The molecule has 4 heteroatoms. The van der Waals surface area contributed by atoms with E-state index in [2.05, 4.69) is 0 Å². The fourth-order valence-electron chi connectivity index (χ4n) is 1.13. The fourth-order valence-corrected chi connectivity index (χ4v) is 1.46. The lowest BCUT2D eigenvalue weighted by Gasteiger charge is -2.06. The molecule has 14 heavy (non-hydrogen) atoms. The Labute approximate surface area is 95.9 Å². The van der Waals surface area contributed by atoms with Crippen molar-refractivity contribution in [3.05, 3.63) is 27.3 Å².